The van der Waals surface area contributed by atoms with Gasteiger partial charge in [0.1, 0.15) is 23.9 Å². The van der Waals surface area contributed by atoms with Gasteiger partial charge in [-0.2, -0.15) is 0 Å². The summed E-state index contributed by atoms with van der Waals surface area (Å²) in [5, 5.41) is 41.5. The van der Waals surface area contributed by atoms with Crippen LogP contribution in [-0.4, -0.2) is 64.1 Å². The monoisotopic (exact) mass is 456 g/mol. The van der Waals surface area contributed by atoms with E-state index in [1.54, 1.807) is 12.1 Å². The average Bonchev–Trinajstić information content (AvgIpc) is 3.14. The van der Waals surface area contributed by atoms with Crippen LogP contribution in [-0.2, 0) is 21.7 Å². The fraction of sp³-hybridized carbons (Fsp3) is 0.455. The summed E-state index contributed by atoms with van der Waals surface area (Å²) < 4.78 is 45.8. The van der Waals surface area contributed by atoms with E-state index in [1.165, 1.54) is 31.2 Å². The molecule has 4 N–H and O–H groups in total. The molecular weight excluding hydrogens is 431 g/mol. The van der Waals surface area contributed by atoms with E-state index in [4.69, 9.17) is 28.6 Å². The molecule has 2 heterocycles. The number of fused-ring (bicyclic) bond motifs is 2. The van der Waals surface area contributed by atoms with E-state index in [-0.39, 0.29) is 18.8 Å². The first kappa shape index (κ1) is 19.9. The molecule has 0 amide bonds. The summed E-state index contributed by atoms with van der Waals surface area (Å²) in [6.45, 7) is -1.76. The van der Waals surface area contributed by atoms with Crippen molar-refractivity contribution in [2.75, 3.05) is 19.8 Å². The van der Waals surface area contributed by atoms with Crippen LogP contribution in [0.1, 0.15) is 26.4 Å². The van der Waals surface area contributed by atoms with E-state index in [9.17, 15) is 24.8 Å². The van der Waals surface area contributed by atoms with Crippen molar-refractivity contribution in [2.24, 2.45) is 0 Å². The summed E-state index contributed by atoms with van der Waals surface area (Å²) in [6, 6.07) is 8.75. The Labute approximate surface area is 186 Å². The Hall–Kier alpha value is -1.78. The van der Waals surface area contributed by atoms with E-state index in [2.05, 4.69) is 0 Å². The minimum atomic E-state index is -2.04. The highest BCUT2D eigenvalue weighted by Crippen LogP contribution is 2.49. The molecule has 2 aliphatic rings. The molecule has 0 spiro atoms. The molecule has 9 heteroatoms. The van der Waals surface area contributed by atoms with Gasteiger partial charge < -0.3 is 34.6 Å². The van der Waals surface area contributed by atoms with Crippen LogP contribution in [0.4, 0.5) is 4.39 Å². The van der Waals surface area contributed by atoms with Gasteiger partial charge in [0, 0.05) is 10.6 Å². The topological polar surface area (TPSA) is 109 Å². The molecule has 2 aromatic carbocycles. The number of aliphatic hydroxyl groups excluding tert-OH is 4. The number of rotatable bonds is 6. The third kappa shape index (κ3) is 3.62. The molecule has 2 saturated heterocycles. The lowest BCUT2D eigenvalue weighted by Gasteiger charge is -2.46. The molecule has 2 bridgehead atoms. The number of hydrogen-bond acceptors (Lipinski definition) is 7. The normalized spacial score (nSPS) is 33.7. The average molecular weight is 457 g/mol. The zero-order valence-electron chi connectivity index (χ0n) is 18.6. The predicted molar refractivity (Wildman–Crippen MR) is 108 cm³/mol. The SMILES string of the molecule is [2H]C([2H])(C)Oc1ccc(Cc2cc([C@@]34OC[C@@](CO)(O3)[C@@H](O)[C@H](O)[C@H]4O)ccc2Cl)cc1F. The van der Waals surface area contributed by atoms with Crippen LogP contribution in [0.15, 0.2) is 36.4 Å². The van der Waals surface area contributed by atoms with Crippen LogP contribution >= 0.6 is 11.6 Å². The van der Waals surface area contributed by atoms with Gasteiger partial charge in [-0.15, -0.1) is 0 Å². The largest absolute Gasteiger partial charge is 0.491 e. The second-order valence-corrected chi connectivity index (χ2v) is 8.12. The summed E-state index contributed by atoms with van der Waals surface area (Å²) in [4.78, 5) is 0. The van der Waals surface area contributed by atoms with Crippen molar-refractivity contribution >= 4 is 11.6 Å². The number of benzene rings is 2. The first-order valence-corrected chi connectivity index (χ1v) is 10.0. The van der Waals surface area contributed by atoms with Gasteiger partial charge in [0.05, 0.1) is 22.5 Å². The zero-order chi connectivity index (χ0) is 24.2. The minimum Gasteiger partial charge on any atom is -0.491 e. The van der Waals surface area contributed by atoms with Gasteiger partial charge in [-0.1, -0.05) is 23.7 Å². The van der Waals surface area contributed by atoms with Gasteiger partial charge in [-0.25, -0.2) is 4.39 Å². The molecule has 0 aromatic heterocycles. The van der Waals surface area contributed by atoms with Crippen molar-refractivity contribution in [3.63, 3.8) is 0 Å². The Balaban J connectivity index is 1.65. The molecule has 4 rings (SSSR count). The Kier molecular flexibility index (Phi) is 5.31. The minimum absolute atomic E-state index is 0.172. The van der Waals surface area contributed by atoms with Crippen LogP contribution in [0.2, 0.25) is 5.02 Å². The smallest absolute Gasteiger partial charge is 0.225 e. The fourth-order valence-corrected chi connectivity index (χ4v) is 4.25. The maximum absolute atomic E-state index is 14.4. The van der Waals surface area contributed by atoms with Gasteiger partial charge >= 0.3 is 0 Å². The molecule has 0 saturated carbocycles. The predicted octanol–water partition coefficient (Wildman–Crippen LogP) is 1.50. The molecule has 0 aliphatic carbocycles. The van der Waals surface area contributed by atoms with Gasteiger partial charge in [-0.05, 0) is 48.7 Å². The maximum atomic E-state index is 14.4. The number of hydrogen-bond donors (Lipinski definition) is 4. The molecule has 168 valence electrons. The quantitative estimate of drug-likeness (QED) is 0.521. The van der Waals surface area contributed by atoms with Gasteiger partial charge in [0.15, 0.2) is 11.6 Å². The second-order valence-electron chi connectivity index (χ2n) is 7.72. The van der Waals surface area contributed by atoms with Crippen molar-refractivity contribution in [3.8, 4) is 5.75 Å². The Morgan fingerprint density at radius 2 is 2.00 bits per heavy atom. The highest BCUT2D eigenvalue weighted by Gasteiger charge is 2.67. The number of ether oxygens (including phenoxy) is 3. The molecule has 2 fully saturated rings. The van der Waals surface area contributed by atoms with E-state index < -0.39 is 48.7 Å². The molecule has 5 atom stereocenters. The van der Waals surface area contributed by atoms with Crippen molar-refractivity contribution in [2.45, 2.75) is 43.0 Å². The third-order valence-electron chi connectivity index (χ3n) is 5.78. The highest BCUT2D eigenvalue weighted by molar-refractivity contribution is 6.31. The van der Waals surface area contributed by atoms with Crippen molar-refractivity contribution in [3.05, 3.63) is 63.9 Å². The van der Waals surface area contributed by atoms with Crippen molar-refractivity contribution in [1.29, 1.82) is 0 Å². The van der Waals surface area contributed by atoms with Gasteiger partial charge in [0.25, 0.3) is 0 Å². The summed E-state index contributed by atoms with van der Waals surface area (Å²) in [6.07, 6.45) is -4.67. The summed E-state index contributed by atoms with van der Waals surface area (Å²) in [5.41, 5.74) is -0.244. The highest BCUT2D eigenvalue weighted by atomic mass is 35.5. The standard InChI is InChI=1S/C22H24ClFO7/c1-2-29-17-6-3-12(8-16(17)24)7-13-9-14(4-5-15(13)23)22-20(28)18(26)19(27)21(10-25,31-22)11-30-22/h3-6,8-9,18-20,25-28H,2,7,10-11H2,1H3/t18-,19-,20+,21+,22+/m0/s1/i2D2. The van der Waals surface area contributed by atoms with Gasteiger partial charge in [-0.3, -0.25) is 0 Å². The number of halogens is 2. The van der Waals surface area contributed by atoms with Crippen LogP contribution in [0.3, 0.4) is 0 Å². The molecule has 2 aromatic rings. The van der Waals surface area contributed by atoms with E-state index >= 15 is 0 Å². The van der Waals surface area contributed by atoms with Crippen LogP contribution in [0.25, 0.3) is 0 Å². The van der Waals surface area contributed by atoms with Crippen molar-refractivity contribution < 1.29 is 41.8 Å². The molecule has 31 heavy (non-hydrogen) atoms. The first-order chi connectivity index (χ1) is 15.4. The summed E-state index contributed by atoms with van der Waals surface area (Å²) in [5.74, 6) is -2.80. The van der Waals surface area contributed by atoms with E-state index in [1.807, 2.05) is 0 Å². The molecule has 7 nitrogen and oxygen atoms in total. The summed E-state index contributed by atoms with van der Waals surface area (Å²) >= 11 is 6.34. The fourth-order valence-electron chi connectivity index (χ4n) is 4.07. The lowest BCUT2D eigenvalue weighted by molar-refractivity contribution is -0.329. The Bertz CT molecular complexity index is 1050. The zero-order valence-corrected chi connectivity index (χ0v) is 17.3. The lowest BCUT2D eigenvalue weighted by atomic mass is 9.83. The summed E-state index contributed by atoms with van der Waals surface area (Å²) in [7, 11) is 0. The Morgan fingerprint density at radius 1 is 1.23 bits per heavy atom. The second kappa shape index (κ2) is 8.29. The Morgan fingerprint density at radius 3 is 2.68 bits per heavy atom. The van der Waals surface area contributed by atoms with Crippen LogP contribution < -0.4 is 4.74 Å². The van der Waals surface area contributed by atoms with E-state index in [0.29, 0.717) is 21.7 Å². The maximum Gasteiger partial charge on any atom is 0.225 e. The third-order valence-corrected chi connectivity index (χ3v) is 6.15. The molecule has 0 radical (unpaired) electrons. The van der Waals surface area contributed by atoms with E-state index in [0.717, 1.165) is 0 Å². The first-order valence-electron chi connectivity index (χ1n) is 10.7. The molecular formula is C22H24ClFO7. The van der Waals surface area contributed by atoms with Crippen LogP contribution in [0, 0.1) is 5.82 Å². The lowest BCUT2D eigenvalue weighted by Crippen LogP contribution is -2.65. The van der Waals surface area contributed by atoms with Gasteiger partial charge in [0.2, 0.25) is 5.79 Å². The molecule has 0 unspecified atom stereocenters. The molecule has 2 aliphatic heterocycles. The van der Waals surface area contributed by atoms with Crippen LogP contribution in [0.5, 0.6) is 5.75 Å². The number of aliphatic hydroxyl groups is 4. The van der Waals surface area contributed by atoms with Crippen molar-refractivity contribution in [1.82, 2.24) is 0 Å².